The first-order valence-electron chi connectivity index (χ1n) is 5.19. The molecule has 1 N–H and O–H groups in total. The SMILES string of the molecule is CS(=O)c1c(-c2ccccc2)c[nH]c(=O)c1C#N. The number of pyridine rings is 1. The van der Waals surface area contributed by atoms with Crippen molar-refractivity contribution in [1.82, 2.24) is 4.98 Å². The third kappa shape index (κ3) is 2.11. The molecule has 2 aromatic rings. The van der Waals surface area contributed by atoms with E-state index in [9.17, 15) is 9.00 Å². The molecule has 0 aliphatic rings. The van der Waals surface area contributed by atoms with Gasteiger partial charge in [0, 0.05) is 18.0 Å². The Balaban J connectivity index is 2.82. The molecular weight excluding hydrogens is 248 g/mol. The molecule has 0 saturated carbocycles. The average molecular weight is 258 g/mol. The Kier molecular flexibility index (Phi) is 3.40. The van der Waals surface area contributed by atoms with Gasteiger partial charge in [0.25, 0.3) is 5.56 Å². The van der Waals surface area contributed by atoms with E-state index in [-0.39, 0.29) is 10.5 Å². The van der Waals surface area contributed by atoms with Gasteiger partial charge < -0.3 is 4.98 Å². The molecule has 0 aliphatic carbocycles. The fourth-order valence-electron chi connectivity index (χ4n) is 1.75. The zero-order valence-electron chi connectivity index (χ0n) is 9.64. The van der Waals surface area contributed by atoms with E-state index in [0.29, 0.717) is 5.56 Å². The minimum Gasteiger partial charge on any atom is -0.327 e. The maximum Gasteiger partial charge on any atom is 0.267 e. The second-order valence-electron chi connectivity index (χ2n) is 3.67. The first kappa shape index (κ1) is 12.3. The number of aromatic nitrogens is 1. The Morgan fingerprint density at radius 3 is 2.50 bits per heavy atom. The van der Waals surface area contributed by atoms with Crippen LogP contribution in [0.5, 0.6) is 0 Å². The van der Waals surface area contributed by atoms with E-state index in [1.807, 2.05) is 36.4 Å². The van der Waals surface area contributed by atoms with Crippen molar-refractivity contribution in [3.8, 4) is 17.2 Å². The standard InChI is InChI=1S/C13H10N2O2S/c1-18(17)12-10(7-14)13(16)15-8-11(12)9-5-3-2-4-6-9/h2-6,8H,1H3,(H,15,16). The lowest BCUT2D eigenvalue weighted by molar-refractivity contribution is 0.686. The lowest BCUT2D eigenvalue weighted by atomic mass is 10.1. The molecule has 0 bridgehead atoms. The van der Waals surface area contributed by atoms with Crippen LogP contribution in [0.2, 0.25) is 0 Å². The first-order valence-corrected chi connectivity index (χ1v) is 6.75. The minimum atomic E-state index is -1.41. The predicted molar refractivity (Wildman–Crippen MR) is 69.5 cm³/mol. The molecule has 1 aromatic heterocycles. The molecule has 5 heteroatoms. The van der Waals surface area contributed by atoms with Crippen LogP contribution >= 0.6 is 0 Å². The molecule has 0 amide bonds. The lowest BCUT2D eigenvalue weighted by Gasteiger charge is -2.08. The van der Waals surface area contributed by atoms with Gasteiger partial charge in [0.15, 0.2) is 0 Å². The number of hydrogen-bond acceptors (Lipinski definition) is 3. The summed E-state index contributed by atoms with van der Waals surface area (Å²) in [6.07, 6.45) is 2.96. The second-order valence-corrected chi connectivity index (χ2v) is 4.98. The fraction of sp³-hybridized carbons (Fsp3) is 0.0769. The Hall–Kier alpha value is -2.19. The molecule has 0 fully saturated rings. The summed E-state index contributed by atoms with van der Waals surface area (Å²) < 4.78 is 11.8. The Bertz CT molecular complexity index is 699. The molecule has 1 aromatic carbocycles. The van der Waals surface area contributed by atoms with Crippen molar-refractivity contribution >= 4 is 10.8 Å². The maximum absolute atomic E-state index is 11.8. The summed E-state index contributed by atoms with van der Waals surface area (Å²) >= 11 is 0. The van der Waals surface area contributed by atoms with Gasteiger partial charge in [-0.2, -0.15) is 5.26 Å². The summed E-state index contributed by atoms with van der Waals surface area (Å²) in [5.74, 6) is 0. The highest BCUT2D eigenvalue weighted by Gasteiger charge is 2.16. The summed E-state index contributed by atoms with van der Waals surface area (Å²) in [6, 6.07) is 11.0. The first-order chi connectivity index (χ1) is 8.65. The normalized spacial score (nSPS) is 11.8. The number of benzene rings is 1. The smallest absolute Gasteiger partial charge is 0.267 e. The Labute approximate surface area is 106 Å². The van der Waals surface area contributed by atoms with E-state index in [1.54, 1.807) is 0 Å². The highest BCUT2D eigenvalue weighted by atomic mass is 32.2. The Morgan fingerprint density at radius 1 is 1.28 bits per heavy atom. The minimum absolute atomic E-state index is 0.0859. The van der Waals surface area contributed by atoms with Crippen LogP contribution in [0.4, 0.5) is 0 Å². The van der Waals surface area contributed by atoms with E-state index < -0.39 is 16.4 Å². The van der Waals surface area contributed by atoms with Gasteiger partial charge in [0.1, 0.15) is 11.6 Å². The summed E-state index contributed by atoms with van der Waals surface area (Å²) in [5, 5.41) is 9.02. The van der Waals surface area contributed by atoms with E-state index in [1.165, 1.54) is 12.5 Å². The summed E-state index contributed by atoms with van der Waals surface area (Å²) in [4.78, 5) is 14.3. The van der Waals surface area contributed by atoms with Gasteiger partial charge in [-0.05, 0) is 5.56 Å². The molecule has 0 aliphatic heterocycles. The van der Waals surface area contributed by atoms with Crippen LogP contribution in [0.15, 0.2) is 46.2 Å². The summed E-state index contributed by atoms with van der Waals surface area (Å²) in [5.41, 5.74) is 0.836. The Morgan fingerprint density at radius 2 is 1.94 bits per heavy atom. The van der Waals surface area contributed by atoms with Crippen LogP contribution in [0.25, 0.3) is 11.1 Å². The zero-order valence-corrected chi connectivity index (χ0v) is 10.5. The van der Waals surface area contributed by atoms with Crippen LogP contribution in [-0.4, -0.2) is 15.4 Å². The van der Waals surface area contributed by atoms with Crippen molar-refractivity contribution in [3.63, 3.8) is 0 Å². The van der Waals surface area contributed by atoms with Gasteiger partial charge in [0.05, 0.1) is 15.7 Å². The van der Waals surface area contributed by atoms with Crippen molar-refractivity contribution < 1.29 is 4.21 Å². The lowest BCUT2D eigenvalue weighted by Crippen LogP contribution is -2.14. The predicted octanol–water partition coefficient (Wildman–Crippen LogP) is 1.65. The molecule has 4 nitrogen and oxygen atoms in total. The summed E-state index contributed by atoms with van der Waals surface area (Å²) in [7, 11) is -1.41. The van der Waals surface area contributed by atoms with Crippen molar-refractivity contribution in [3.05, 3.63) is 52.4 Å². The number of nitrogens with zero attached hydrogens (tertiary/aromatic N) is 1. The average Bonchev–Trinajstić information content (AvgIpc) is 2.39. The molecule has 0 radical (unpaired) electrons. The molecule has 0 spiro atoms. The number of H-pyrrole nitrogens is 1. The number of hydrogen-bond donors (Lipinski definition) is 1. The number of nitrogens with one attached hydrogen (secondary N) is 1. The fourth-order valence-corrected chi connectivity index (χ4v) is 2.66. The number of aromatic amines is 1. The van der Waals surface area contributed by atoms with Crippen LogP contribution in [0.1, 0.15) is 5.56 Å². The van der Waals surface area contributed by atoms with E-state index >= 15 is 0 Å². The van der Waals surface area contributed by atoms with Gasteiger partial charge in [-0.3, -0.25) is 9.00 Å². The van der Waals surface area contributed by atoms with Gasteiger partial charge in [-0.1, -0.05) is 30.3 Å². The maximum atomic E-state index is 11.8. The van der Waals surface area contributed by atoms with Crippen molar-refractivity contribution in [2.45, 2.75) is 4.90 Å². The molecule has 2 rings (SSSR count). The molecule has 0 saturated heterocycles. The summed E-state index contributed by atoms with van der Waals surface area (Å²) in [6.45, 7) is 0. The molecule has 1 unspecified atom stereocenters. The number of rotatable bonds is 2. The largest absolute Gasteiger partial charge is 0.327 e. The van der Waals surface area contributed by atoms with Crippen LogP contribution in [0, 0.1) is 11.3 Å². The van der Waals surface area contributed by atoms with Gasteiger partial charge in [-0.15, -0.1) is 0 Å². The quantitative estimate of drug-likeness (QED) is 0.890. The van der Waals surface area contributed by atoms with Crippen molar-refractivity contribution in [2.24, 2.45) is 0 Å². The molecule has 18 heavy (non-hydrogen) atoms. The third-order valence-corrected chi connectivity index (χ3v) is 3.53. The molecular formula is C13H10N2O2S. The van der Waals surface area contributed by atoms with Crippen molar-refractivity contribution in [2.75, 3.05) is 6.26 Å². The van der Waals surface area contributed by atoms with Crippen LogP contribution in [0.3, 0.4) is 0 Å². The second kappa shape index (κ2) is 4.98. The zero-order chi connectivity index (χ0) is 13.1. The number of nitriles is 1. The van der Waals surface area contributed by atoms with Crippen LogP contribution in [-0.2, 0) is 10.8 Å². The van der Waals surface area contributed by atoms with E-state index in [2.05, 4.69) is 4.98 Å². The van der Waals surface area contributed by atoms with Gasteiger partial charge in [-0.25, -0.2) is 0 Å². The van der Waals surface area contributed by atoms with E-state index in [4.69, 9.17) is 5.26 Å². The van der Waals surface area contributed by atoms with Crippen LogP contribution < -0.4 is 5.56 Å². The molecule has 1 heterocycles. The topological polar surface area (TPSA) is 73.7 Å². The van der Waals surface area contributed by atoms with Gasteiger partial charge >= 0.3 is 0 Å². The third-order valence-electron chi connectivity index (χ3n) is 2.53. The van der Waals surface area contributed by atoms with E-state index in [0.717, 1.165) is 5.56 Å². The highest BCUT2D eigenvalue weighted by Crippen LogP contribution is 2.25. The monoisotopic (exact) mass is 258 g/mol. The highest BCUT2D eigenvalue weighted by molar-refractivity contribution is 7.84. The molecule has 90 valence electrons. The van der Waals surface area contributed by atoms with Crippen molar-refractivity contribution in [1.29, 1.82) is 5.26 Å². The van der Waals surface area contributed by atoms with Gasteiger partial charge in [0.2, 0.25) is 0 Å². The molecule has 1 atom stereocenters.